The van der Waals surface area contributed by atoms with Gasteiger partial charge in [-0.05, 0) is 31.0 Å². The maximum absolute atomic E-state index is 13.2. The molecule has 0 N–H and O–H groups in total. The van der Waals surface area contributed by atoms with Gasteiger partial charge in [-0.25, -0.2) is 8.78 Å². The van der Waals surface area contributed by atoms with Crippen molar-refractivity contribution < 1.29 is 23.1 Å². The molecule has 142 valence electrons. The van der Waals surface area contributed by atoms with E-state index in [1.54, 1.807) is 4.90 Å². The number of hydrogen-bond donors (Lipinski definition) is 0. The first-order valence-corrected chi connectivity index (χ1v) is 9.75. The standard InChI is InChI=1S/C18H22F2N2O3S/c19-15-4-3-14(10-16(15)20)26-12-17(23)22-5-1-2-13(11-22)18(24)21-6-8-25-9-7-21/h3-4,10,13H,1-2,5-9,11-12H2. The summed E-state index contributed by atoms with van der Waals surface area (Å²) in [5, 5.41) is 0. The van der Waals surface area contributed by atoms with Crippen LogP contribution in [0.2, 0.25) is 0 Å². The van der Waals surface area contributed by atoms with Crippen LogP contribution in [-0.2, 0) is 14.3 Å². The van der Waals surface area contributed by atoms with E-state index in [4.69, 9.17) is 4.74 Å². The second-order valence-corrected chi connectivity index (χ2v) is 7.53. The van der Waals surface area contributed by atoms with Crippen LogP contribution in [0.25, 0.3) is 0 Å². The highest BCUT2D eigenvalue weighted by molar-refractivity contribution is 8.00. The number of piperidine rings is 1. The molecule has 1 atom stereocenters. The van der Waals surface area contributed by atoms with Gasteiger partial charge in [-0.2, -0.15) is 0 Å². The van der Waals surface area contributed by atoms with Crippen molar-refractivity contribution in [1.29, 1.82) is 0 Å². The molecule has 0 aliphatic carbocycles. The van der Waals surface area contributed by atoms with Crippen molar-refractivity contribution in [3.8, 4) is 0 Å². The maximum atomic E-state index is 13.2. The number of hydrogen-bond acceptors (Lipinski definition) is 4. The average molecular weight is 384 g/mol. The first-order valence-electron chi connectivity index (χ1n) is 8.77. The zero-order valence-corrected chi connectivity index (χ0v) is 15.3. The first kappa shape index (κ1) is 19.1. The molecule has 1 aromatic carbocycles. The molecule has 0 saturated carbocycles. The zero-order valence-electron chi connectivity index (χ0n) is 14.5. The molecule has 2 aliphatic rings. The van der Waals surface area contributed by atoms with Crippen LogP contribution in [0, 0.1) is 17.6 Å². The van der Waals surface area contributed by atoms with Gasteiger partial charge in [0.25, 0.3) is 0 Å². The molecule has 1 unspecified atom stereocenters. The van der Waals surface area contributed by atoms with E-state index in [0.29, 0.717) is 44.3 Å². The Morgan fingerprint density at radius 1 is 1.12 bits per heavy atom. The van der Waals surface area contributed by atoms with Crippen LogP contribution in [-0.4, -0.2) is 66.8 Å². The predicted molar refractivity (Wildman–Crippen MR) is 93.8 cm³/mol. The van der Waals surface area contributed by atoms with E-state index in [-0.39, 0.29) is 23.5 Å². The maximum Gasteiger partial charge on any atom is 0.232 e. The Bertz CT molecular complexity index is 668. The second-order valence-electron chi connectivity index (χ2n) is 6.48. The van der Waals surface area contributed by atoms with E-state index >= 15 is 0 Å². The van der Waals surface area contributed by atoms with Gasteiger partial charge in [-0.3, -0.25) is 9.59 Å². The van der Waals surface area contributed by atoms with Crippen LogP contribution in [0.1, 0.15) is 12.8 Å². The molecule has 2 amide bonds. The first-order chi connectivity index (χ1) is 12.5. The van der Waals surface area contributed by atoms with Gasteiger partial charge in [0.1, 0.15) is 0 Å². The minimum atomic E-state index is -0.920. The van der Waals surface area contributed by atoms with Crippen LogP contribution in [0.15, 0.2) is 23.1 Å². The number of thioether (sulfide) groups is 1. The van der Waals surface area contributed by atoms with Gasteiger partial charge in [0, 0.05) is 31.1 Å². The number of ether oxygens (including phenoxy) is 1. The van der Waals surface area contributed by atoms with Gasteiger partial charge in [-0.15, -0.1) is 11.8 Å². The summed E-state index contributed by atoms with van der Waals surface area (Å²) < 4.78 is 31.5. The van der Waals surface area contributed by atoms with Crippen molar-refractivity contribution in [3.63, 3.8) is 0 Å². The summed E-state index contributed by atoms with van der Waals surface area (Å²) in [6, 6.07) is 3.60. The quantitative estimate of drug-likeness (QED) is 0.747. The largest absolute Gasteiger partial charge is 0.378 e. The summed E-state index contributed by atoms with van der Waals surface area (Å²) in [4.78, 5) is 29.1. The molecule has 1 aromatic rings. The molecule has 3 rings (SSSR count). The molecule has 0 aromatic heterocycles. The Labute approximate surface area is 155 Å². The molecule has 2 fully saturated rings. The zero-order chi connectivity index (χ0) is 18.5. The number of amides is 2. The van der Waals surface area contributed by atoms with Crippen LogP contribution in [0.4, 0.5) is 8.78 Å². The van der Waals surface area contributed by atoms with Crippen molar-refractivity contribution in [1.82, 2.24) is 9.80 Å². The minimum Gasteiger partial charge on any atom is -0.378 e. The SMILES string of the molecule is O=C(CSc1ccc(F)c(F)c1)N1CCCC(C(=O)N2CCOCC2)C1. The number of likely N-dealkylation sites (tertiary alicyclic amines) is 1. The Morgan fingerprint density at radius 2 is 1.88 bits per heavy atom. The van der Waals surface area contributed by atoms with Gasteiger partial charge in [0.15, 0.2) is 11.6 Å². The van der Waals surface area contributed by atoms with Crippen molar-refractivity contribution >= 4 is 23.6 Å². The predicted octanol–water partition coefficient (Wildman–Crippen LogP) is 2.15. The highest BCUT2D eigenvalue weighted by Crippen LogP contribution is 2.23. The molecule has 2 heterocycles. The van der Waals surface area contributed by atoms with Crippen LogP contribution >= 0.6 is 11.8 Å². The van der Waals surface area contributed by atoms with E-state index in [9.17, 15) is 18.4 Å². The van der Waals surface area contributed by atoms with E-state index in [2.05, 4.69) is 0 Å². The monoisotopic (exact) mass is 384 g/mol. The lowest BCUT2D eigenvalue weighted by Crippen LogP contribution is -2.49. The Kier molecular flexibility index (Phi) is 6.48. The summed E-state index contributed by atoms with van der Waals surface area (Å²) in [6.45, 7) is 3.39. The number of carbonyl (C=O) groups is 2. The van der Waals surface area contributed by atoms with Crippen molar-refractivity contribution in [2.24, 2.45) is 5.92 Å². The Morgan fingerprint density at radius 3 is 2.62 bits per heavy atom. The van der Waals surface area contributed by atoms with Crippen molar-refractivity contribution in [3.05, 3.63) is 29.8 Å². The van der Waals surface area contributed by atoms with E-state index in [1.165, 1.54) is 17.8 Å². The lowest BCUT2D eigenvalue weighted by atomic mass is 9.96. The number of nitrogens with zero attached hydrogens (tertiary/aromatic N) is 2. The fourth-order valence-corrected chi connectivity index (χ4v) is 4.07. The van der Waals surface area contributed by atoms with Gasteiger partial charge in [0.2, 0.25) is 11.8 Å². The molecule has 0 bridgehead atoms. The third-order valence-electron chi connectivity index (χ3n) is 4.70. The Hall–Kier alpha value is -1.67. The summed E-state index contributed by atoms with van der Waals surface area (Å²) in [5.74, 6) is -1.83. The molecule has 0 radical (unpaired) electrons. The molecule has 5 nitrogen and oxygen atoms in total. The van der Waals surface area contributed by atoms with Gasteiger partial charge < -0.3 is 14.5 Å². The molecular formula is C18H22F2N2O3S. The molecule has 26 heavy (non-hydrogen) atoms. The summed E-state index contributed by atoms with van der Waals surface area (Å²) in [5.41, 5.74) is 0. The fourth-order valence-electron chi connectivity index (χ4n) is 3.25. The number of morpholine rings is 1. The van der Waals surface area contributed by atoms with Crippen LogP contribution in [0.3, 0.4) is 0 Å². The van der Waals surface area contributed by atoms with E-state index in [1.807, 2.05) is 4.90 Å². The normalized spacial score (nSPS) is 20.9. The highest BCUT2D eigenvalue weighted by Gasteiger charge is 2.31. The topological polar surface area (TPSA) is 49.9 Å². The fraction of sp³-hybridized carbons (Fsp3) is 0.556. The highest BCUT2D eigenvalue weighted by atomic mass is 32.2. The number of halogens is 2. The molecule has 2 aliphatic heterocycles. The molecule has 8 heteroatoms. The summed E-state index contributed by atoms with van der Waals surface area (Å²) in [7, 11) is 0. The lowest BCUT2D eigenvalue weighted by molar-refractivity contribution is -0.143. The number of benzene rings is 1. The van der Waals surface area contributed by atoms with E-state index in [0.717, 1.165) is 25.0 Å². The van der Waals surface area contributed by atoms with Crippen LogP contribution < -0.4 is 0 Å². The lowest BCUT2D eigenvalue weighted by Gasteiger charge is -2.36. The average Bonchev–Trinajstić information content (AvgIpc) is 2.69. The van der Waals surface area contributed by atoms with Crippen LogP contribution in [0.5, 0.6) is 0 Å². The number of carbonyl (C=O) groups excluding carboxylic acids is 2. The Balaban J connectivity index is 1.52. The minimum absolute atomic E-state index is 0.0841. The van der Waals surface area contributed by atoms with Gasteiger partial charge >= 0.3 is 0 Å². The smallest absolute Gasteiger partial charge is 0.232 e. The van der Waals surface area contributed by atoms with Gasteiger partial charge in [-0.1, -0.05) is 0 Å². The molecule has 0 spiro atoms. The third-order valence-corrected chi connectivity index (χ3v) is 5.68. The molecular weight excluding hydrogens is 362 g/mol. The van der Waals surface area contributed by atoms with Gasteiger partial charge in [0.05, 0.1) is 24.9 Å². The third kappa shape index (κ3) is 4.73. The number of rotatable bonds is 4. The second kappa shape index (κ2) is 8.81. The summed E-state index contributed by atoms with van der Waals surface area (Å²) >= 11 is 1.17. The van der Waals surface area contributed by atoms with E-state index < -0.39 is 11.6 Å². The molecule has 2 saturated heterocycles. The summed E-state index contributed by atoms with van der Waals surface area (Å²) in [6.07, 6.45) is 1.58. The van der Waals surface area contributed by atoms with Crippen molar-refractivity contribution in [2.75, 3.05) is 45.1 Å². The van der Waals surface area contributed by atoms with Crippen molar-refractivity contribution in [2.45, 2.75) is 17.7 Å².